The van der Waals surface area contributed by atoms with Crippen LogP contribution in [0.2, 0.25) is 0 Å². The summed E-state index contributed by atoms with van der Waals surface area (Å²) >= 11 is 1.41. The van der Waals surface area contributed by atoms with Crippen LogP contribution in [-0.4, -0.2) is 17.7 Å². The molecular weight excluding hydrogens is 422 g/mol. The Morgan fingerprint density at radius 1 is 0.938 bits per heavy atom. The number of benzene rings is 1. The SMILES string of the molecule is CCCCCCCCCCc1cc(C(=O)OC(C)(C)C)c(NC(=O)Oc2ccccc2)s1. The number of hydrogen-bond acceptors (Lipinski definition) is 5. The molecule has 1 N–H and O–H groups in total. The van der Waals surface area contributed by atoms with Crippen molar-refractivity contribution in [3.63, 3.8) is 0 Å². The Kier molecular flexibility index (Phi) is 10.7. The van der Waals surface area contributed by atoms with Gasteiger partial charge in [-0.3, -0.25) is 5.32 Å². The Bertz CT molecular complexity index is 839. The zero-order chi connectivity index (χ0) is 23.4. The minimum Gasteiger partial charge on any atom is -0.456 e. The molecule has 176 valence electrons. The summed E-state index contributed by atoms with van der Waals surface area (Å²) in [5.74, 6) is 0.00506. The number of nitrogens with one attached hydrogen (secondary N) is 1. The third-order valence-corrected chi connectivity index (χ3v) is 5.96. The largest absolute Gasteiger partial charge is 0.456 e. The van der Waals surface area contributed by atoms with Crippen molar-refractivity contribution in [3.05, 3.63) is 46.8 Å². The molecular formula is C26H37NO4S. The fourth-order valence-electron chi connectivity index (χ4n) is 3.29. The zero-order valence-corrected chi connectivity index (χ0v) is 20.7. The first kappa shape index (κ1) is 25.9. The number of anilines is 1. The van der Waals surface area contributed by atoms with Gasteiger partial charge in [0.1, 0.15) is 16.4 Å². The second kappa shape index (κ2) is 13.3. The number of esters is 1. The maximum Gasteiger partial charge on any atom is 0.417 e. The van der Waals surface area contributed by atoms with Gasteiger partial charge in [0.2, 0.25) is 0 Å². The number of amides is 1. The molecule has 0 saturated carbocycles. The monoisotopic (exact) mass is 459 g/mol. The van der Waals surface area contributed by atoms with Crippen molar-refractivity contribution in [3.8, 4) is 5.75 Å². The quantitative estimate of drug-likeness (QED) is 0.258. The lowest BCUT2D eigenvalue weighted by molar-refractivity contribution is 0.00712. The maximum atomic E-state index is 12.7. The molecule has 0 bridgehead atoms. The number of thiophene rings is 1. The van der Waals surface area contributed by atoms with E-state index in [0.29, 0.717) is 16.3 Å². The van der Waals surface area contributed by atoms with E-state index in [1.165, 1.54) is 56.3 Å². The number of aryl methyl sites for hydroxylation is 1. The highest BCUT2D eigenvalue weighted by Crippen LogP contribution is 2.31. The molecule has 0 aliphatic rings. The first-order chi connectivity index (χ1) is 15.3. The van der Waals surface area contributed by atoms with Crippen LogP contribution in [0.4, 0.5) is 9.80 Å². The average Bonchev–Trinajstić information content (AvgIpc) is 3.12. The minimum atomic E-state index is -0.624. The van der Waals surface area contributed by atoms with Crippen molar-refractivity contribution < 1.29 is 19.1 Å². The minimum absolute atomic E-state index is 0.379. The number of ether oxygens (including phenoxy) is 2. The van der Waals surface area contributed by atoms with Gasteiger partial charge in [0.25, 0.3) is 0 Å². The molecule has 1 heterocycles. The van der Waals surface area contributed by atoms with Gasteiger partial charge in [-0.1, -0.05) is 70.1 Å². The highest BCUT2D eigenvalue weighted by Gasteiger charge is 2.24. The van der Waals surface area contributed by atoms with E-state index in [1.54, 1.807) is 24.3 Å². The highest BCUT2D eigenvalue weighted by molar-refractivity contribution is 7.16. The van der Waals surface area contributed by atoms with Gasteiger partial charge in [0, 0.05) is 4.88 Å². The van der Waals surface area contributed by atoms with E-state index in [-0.39, 0.29) is 0 Å². The van der Waals surface area contributed by atoms with Crippen LogP contribution < -0.4 is 10.1 Å². The second-order valence-corrected chi connectivity index (χ2v) is 10.1. The number of unbranched alkanes of at least 4 members (excludes halogenated alkanes) is 7. The van der Waals surface area contributed by atoms with Crippen LogP contribution in [-0.2, 0) is 11.2 Å². The summed E-state index contributed by atoms with van der Waals surface area (Å²) in [6.45, 7) is 7.72. The lowest BCUT2D eigenvalue weighted by Crippen LogP contribution is -2.24. The number of carbonyl (C=O) groups is 2. The zero-order valence-electron chi connectivity index (χ0n) is 19.9. The van der Waals surface area contributed by atoms with E-state index in [4.69, 9.17) is 9.47 Å². The van der Waals surface area contributed by atoms with Crippen molar-refractivity contribution in [1.82, 2.24) is 0 Å². The van der Waals surface area contributed by atoms with Gasteiger partial charge in [-0.15, -0.1) is 11.3 Å². The fraction of sp³-hybridized carbons (Fsp3) is 0.538. The van der Waals surface area contributed by atoms with Gasteiger partial charge < -0.3 is 9.47 Å². The summed E-state index contributed by atoms with van der Waals surface area (Å²) in [4.78, 5) is 26.2. The Morgan fingerprint density at radius 3 is 2.19 bits per heavy atom. The van der Waals surface area contributed by atoms with Crippen LogP contribution in [0.15, 0.2) is 36.4 Å². The summed E-state index contributed by atoms with van der Waals surface area (Å²) in [5.41, 5.74) is -0.233. The maximum absolute atomic E-state index is 12.7. The van der Waals surface area contributed by atoms with Crippen molar-refractivity contribution in [2.24, 2.45) is 0 Å². The number of hydrogen-bond donors (Lipinski definition) is 1. The molecule has 0 fully saturated rings. The van der Waals surface area contributed by atoms with Crippen molar-refractivity contribution in [2.75, 3.05) is 5.32 Å². The molecule has 1 aromatic heterocycles. The molecule has 0 unspecified atom stereocenters. The smallest absolute Gasteiger partial charge is 0.417 e. The van der Waals surface area contributed by atoms with Crippen LogP contribution in [0, 0.1) is 0 Å². The molecule has 5 nitrogen and oxygen atoms in total. The first-order valence-corrected chi connectivity index (χ1v) is 12.5. The van der Waals surface area contributed by atoms with Gasteiger partial charge in [0.15, 0.2) is 0 Å². The summed E-state index contributed by atoms with van der Waals surface area (Å²) in [5, 5.41) is 3.20. The van der Waals surface area contributed by atoms with E-state index >= 15 is 0 Å². The van der Waals surface area contributed by atoms with Crippen LogP contribution >= 0.6 is 11.3 Å². The standard InChI is InChI=1S/C26H37NO4S/c1-5-6-7-8-9-10-11-15-18-21-19-22(24(28)31-26(2,3)4)23(32-21)27-25(29)30-20-16-13-12-14-17-20/h12-14,16-17,19H,5-11,15,18H2,1-4H3,(H,27,29). The van der Waals surface area contributed by atoms with Gasteiger partial charge in [-0.2, -0.15) is 0 Å². The molecule has 6 heteroatoms. The summed E-state index contributed by atoms with van der Waals surface area (Å²) in [6.07, 6.45) is 10.3. The third kappa shape index (κ3) is 9.86. The molecule has 2 aromatic rings. The average molecular weight is 460 g/mol. The third-order valence-electron chi connectivity index (χ3n) is 4.85. The summed E-state index contributed by atoms with van der Waals surface area (Å²) in [6, 6.07) is 10.7. The number of carbonyl (C=O) groups excluding carboxylic acids is 2. The van der Waals surface area contributed by atoms with Crippen LogP contribution in [0.25, 0.3) is 0 Å². The van der Waals surface area contributed by atoms with Crippen molar-refractivity contribution >= 4 is 28.4 Å². The predicted molar refractivity (Wildman–Crippen MR) is 132 cm³/mol. The van der Waals surface area contributed by atoms with Gasteiger partial charge >= 0.3 is 12.1 Å². The normalized spacial score (nSPS) is 11.2. The molecule has 1 aromatic carbocycles. The van der Waals surface area contributed by atoms with E-state index < -0.39 is 17.7 Å². The summed E-state index contributed by atoms with van der Waals surface area (Å²) in [7, 11) is 0. The molecule has 32 heavy (non-hydrogen) atoms. The van der Waals surface area contributed by atoms with Crippen molar-refractivity contribution in [2.45, 2.75) is 91.1 Å². The Morgan fingerprint density at radius 2 is 1.56 bits per heavy atom. The number of para-hydroxylation sites is 1. The van der Waals surface area contributed by atoms with Gasteiger partial charge in [0.05, 0.1) is 5.56 Å². The predicted octanol–water partition coefficient (Wildman–Crippen LogP) is 8.00. The van der Waals surface area contributed by atoms with Gasteiger partial charge in [-0.05, 0) is 51.8 Å². The van der Waals surface area contributed by atoms with E-state index in [0.717, 1.165) is 17.7 Å². The van der Waals surface area contributed by atoms with E-state index in [2.05, 4.69) is 12.2 Å². The molecule has 0 radical (unpaired) electrons. The van der Waals surface area contributed by atoms with Crippen LogP contribution in [0.3, 0.4) is 0 Å². The highest BCUT2D eigenvalue weighted by atomic mass is 32.1. The Balaban J connectivity index is 1.97. The van der Waals surface area contributed by atoms with Crippen molar-refractivity contribution in [1.29, 1.82) is 0 Å². The summed E-state index contributed by atoms with van der Waals surface area (Å²) < 4.78 is 10.9. The number of rotatable bonds is 12. The molecule has 0 atom stereocenters. The Hall–Kier alpha value is -2.34. The van der Waals surface area contributed by atoms with E-state index in [9.17, 15) is 9.59 Å². The van der Waals surface area contributed by atoms with E-state index in [1.807, 2.05) is 32.9 Å². The Labute approximate surface area is 196 Å². The van der Waals surface area contributed by atoms with Crippen LogP contribution in [0.5, 0.6) is 5.75 Å². The van der Waals surface area contributed by atoms with Gasteiger partial charge in [-0.25, -0.2) is 9.59 Å². The molecule has 0 spiro atoms. The first-order valence-electron chi connectivity index (χ1n) is 11.7. The molecule has 0 aliphatic carbocycles. The second-order valence-electron chi connectivity index (χ2n) is 9.01. The molecule has 0 aliphatic heterocycles. The molecule has 0 saturated heterocycles. The lowest BCUT2D eigenvalue weighted by Gasteiger charge is -2.19. The topological polar surface area (TPSA) is 64.6 Å². The lowest BCUT2D eigenvalue weighted by atomic mass is 10.1. The van der Waals surface area contributed by atoms with Crippen LogP contribution in [0.1, 0.15) is 94.3 Å². The molecule has 2 rings (SSSR count). The molecule has 1 amide bonds. The fourth-order valence-corrected chi connectivity index (χ4v) is 4.36.